The fraction of sp³-hybridized carbons (Fsp3) is 0.538. The molecule has 18 heavy (non-hydrogen) atoms. The monoisotopic (exact) mass is 249 g/mol. The Balaban J connectivity index is 2.00. The van der Waals surface area contributed by atoms with Crippen LogP contribution in [0.25, 0.3) is 0 Å². The SMILES string of the molecule is CCCN1CCN(C(=O)c2ccc[nH]c2=O)CC1. The molecule has 0 aromatic carbocycles. The van der Waals surface area contributed by atoms with Gasteiger partial charge in [0.2, 0.25) is 0 Å². The molecule has 1 aliphatic rings. The van der Waals surface area contributed by atoms with Crippen molar-refractivity contribution in [3.8, 4) is 0 Å². The standard InChI is InChI=1S/C13H19N3O2/c1-2-6-15-7-9-16(10-8-15)13(18)11-4-3-5-14-12(11)17/h3-5H,2,6-10H2,1H3,(H,14,17). The highest BCUT2D eigenvalue weighted by molar-refractivity contribution is 5.93. The molecule has 0 spiro atoms. The lowest BCUT2D eigenvalue weighted by atomic mass is 10.2. The molecule has 1 N–H and O–H groups in total. The highest BCUT2D eigenvalue weighted by Crippen LogP contribution is 2.06. The molecule has 2 rings (SSSR count). The van der Waals surface area contributed by atoms with Crippen molar-refractivity contribution < 1.29 is 4.79 Å². The van der Waals surface area contributed by atoms with Gasteiger partial charge < -0.3 is 9.88 Å². The van der Waals surface area contributed by atoms with Gasteiger partial charge in [-0.2, -0.15) is 0 Å². The fourth-order valence-electron chi connectivity index (χ4n) is 2.25. The van der Waals surface area contributed by atoms with Crippen LogP contribution < -0.4 is 5.56 Å². The Hall–Kier alpha value is -1.62. The number of rotatable bonds is 3. The topological polar surface area (TPSA) is 56.4 Å². The second-order valence-corrected chi connectivity index (χ2v) is 4.55. The first kappa shape index (κ1) is 12.8. The summed E-state index contributed by atoms with van der Waals surface area (Å²) in [7, 11) is 0. The molecule has 0 aliphatic carbocycles. The molecule has 1 aromatic rings. The number of carbonyl (C=O) groups excluding carboxylic acids is 1. The summed E-state index contributed by atoms with van der Waals surface area (Å²) >= 11 is 0. The smallest absolute Gasteiger partial charge is 0.260 e. The van der Waals surface area contributed by atoms with Gasteiger partial charge in [-0.3, -0.25) is 14.5 Å². The van der Waals surface area contributed by atoms with Crippen LogP contribution in [-0.2, 0) is 0 Å². The van der Waals surface area contributed by atoms with Crippen molar-refractivity contribution in [3.05, 3.63) is 34.2 Å². The first-order valence-electron chi connectivity index (χ1n) is 6.41. The molecule has 0 unspecified atom stereocenters. The molecule has 98 valence electrons. The third kappa shape index (κ3) is 2.79. The Labute approximate surface area is 106 Å². The maximum atomic E-state index is 12.2. The van der Waals surface area contributed by atoms with Gasteiger partial charge in [-0.05, 0) is 25.1 Å². The number of carbonyl (C=O) groups is 1. The molecule has 0 bridgehead atoms. The molecular weight excluding hydrogens is 230 g/mol. The van der Waals surface area contributed by atoms with Gasteiger partial charge in [0, 0.05) is 32.4 Å². The lowest BCUT2D eigenvalue weighted by Gasteiger charge is -2.34. The van der Waals surface area contributed by atoms with E-state index in [0.717, 1.165) is 26.1 Å². The maximum Gasteiger partial charge on any atom is 0.260 e. The Morgan fingerprint density at radius 3 is 2.67 bits per heavy atom. The molecule has 1 amide bonds. The number of pyridine rings is 1. The number of hydrogen-bond donors (Lipinski definition) is 1. The lowest BCUT2D eigenvalue weighted by molar-refractivity contribution is 0.0635. The molecule has 5 nitrogen and oxygen atoms in total. The summed E-state index contributed by atoms with van der Waals surface area (Å²) < 4.78 is 0. The first-order chi connectivity index (χ1) is 8.72. The van der Waals surface area contributed by atoms with Gasteiger partial charge in [0.05, 0.1) is 0 Å². The van der Waals surface area contributed by atoms with Crippen molar-refractivity contribution in [3.63, 3.8) is 0 Å². The lowest BCUT2D eigenvalue weighted by Crippen LogP contribution is -2.49. The number of aromatic nitrogens is 1. The average Bonchev–Trinajstić information content (AvgIpc) is 2.40. The van der Waals surface area contributed by atoms with Crippen molar-refractivity contribution >= 4 is 5.91 Å². The highest BCUT2D eigenvalue weighted by Gasteiger charge is 2.22. The summed E-state index contributed by atoms with van der Waals surface area (Å²) in [6.45, 7) is 6.42. The van der Waals surface area contributed by atoms with Crippen LogP contribution in [0.1, 0.15) is 23.7 Å². The van der Waals surface area contributed by atoms with E-state index in [1.807, 2.05) is 0 Å². The number of piperazine rings is 1. The van der Waals surface area contributed by atoms with Gasteiger partial charge in [-0.1, -0.05) is 6.92 Å². The van der Waals surface area contributed by atoms with Gasteiger partial charge in [0.25, 0.3) is 11.5 Å². The van der Waals surface area contributed by atoms with E-state index in [9.17, 15) is 9.59 Å². The van der Waals surface area contributed by atoms with Crippen LogP contribution >= 0.6 is 0 Å². The minimum Gasteiger partial charge on any atom is -0.336 e. The summed E-state index contributed by atoms with van der Waals surface area (Å²) in [6.07, 6.45) is 2.67. The predicted molar refractivity (Wildman–Crippen MR) is 69.7 cm³/mol. The molecular formula is C13H19N3O2. The normalized spacial score (nSPS) is 16.8. The molecule has 1 saturated heterocycles. The molecule has 2 heterocycles. The third-order valence-corrected chi connectivity index (χ3v) is 3.25. The second-order valence-electron chi connectivity index (χ2n) is 4.55. The number of aromatic amines is 1. The van der Waals surface area contributed by atoms with Crippen LogP contribution in [0.4, 0.5) is 0 Å². The van der Waals surface area contributed by atoms with E-state index >= 15 is 0 Å². The van der Waals surface area contributed by atoms with E-state index in [1.165, 1.54) is 6.20 Å². The summed E-state index contributed by atoms with van der Waals surface area (Å²) in [5.41, 5.74) is -0.0695. The Kier molecular flexibility index (Phi) is 4.15. The van der Waals surface area contributed by atoms with E-state index in [1.54, 1.807) is 17.0 Å². The average molecular weight is 249 g/mol. The number of hydrogen-bond acceptors (Lipinski definition) is 3. The largest absolute Gasteiger partial charge is 0.336 e. The Morgan fingerprint density at radius 1 is 1.33 bits per heavy atom. The number of amides is 1. The second kappa shape index (κ2) is 5.82. The van der Waals surface area contributed by atoms with Gasteiger partial charge >= 0.3 is 0 Å². The molecule has 1 fully saturated rings. The van der Waals surface area contributed by atoms with Crippen LogP contribution in [0.3, 0.4) is 0 Å². The number of nitrogens with zero attached hydrogens (tertiary/aromatic N) is 2. The van der Waals surface area contributed by atoms with Gasteiger partial charge in [-0.15, -0.1) is 0 Å². The van der Waals surface area contributed by atoms with Crippen LogP contribution in [-0.4, -0.2) is 53.4 Å². The van der Waals surface area contributed by atoms with Crippen molar-refractivity contribution in [1.82, 2.24) is 14.8 Å². The van der Waals surface area contributed by atoms with E-state index in [2.05, 4.69) is 16.8 Å². The molecule has 0 radical (unpaired) electrons. The fourth-order valence-corrected chi connectivity index (χ4v) is 2.25. The third-order valence-electron chi connectivity index (χ3n) is 3.25. The van der Waals surface area contributed by atoms with Crippen LogP contribution in [0, 0.1) is 0 Å². The van der Waals surface area contributed by atoms with Crippen molar-refractivity contribution in [2.45, 2.75) is 13.3 Å². The summed E-state index contributed by atoms with van der Waals surface area (Å²) in [5.74, 6) is -0.159. The van der Waals surface area contributed by atoms with Crippen molar-refractivity contribution in [2.24, 2.45) is 0 Å². The van der Waals surface area contributed by atoms with E-state index < -0.39 is 0 Å². The van der Waals surface area contributed by atoms with Crippen molar-refractivity contribution in [2.75, 3.05) is 32.7 Å². The van der Waals surface area contributed by atoms with Gasteiger partial charge in [0.15, 0.2) is 0 Å². The van der Waals surface area contributed by atoms with Crippen molar-refractivity contribution in [1.29, 1.82) is 0 Å². The Bertz CT molecular complexity index is 461. The summed E-state index contributed by atoms with van der Waals surface area (Å²) in [5, 5.41) is 0. The maximum absolute atomic E-state index is 12.2. The molecule has 1 aromatic heterocycles. The quantitative estimate of drug-likeness (QED) is 0.850. The molecule has 0 saturated carbocycles. The molecule has 5 heteroatoms. The van der Waals surface area contributed by atoms with Gasteiger partial charge in [-0.25, -0.2) is 0 Å². The predicted octanol–water partition coefficient (Wildman–Crippen LogP) is 0.543. The van der Waals surface area contributed by atoms with Crippen LogP contribution in [0.2, 0.25) is 0 Å². The van der Waals surface area contributed by atoms with Gasteiger partial charge in [0.1, 0.15) is 5.56 Å². The van der Waals surface area contributed by atoms with E-state index in [0.29, 0.717) is 13.1 Å². The minimum atomic E-state index is -0.307. The highest BCUT2D eigenvalue weighted by atomic mass is 16.2. The minimum absolute atomic E-state index is 0.159. The van der Waals surface area contributed by atoms with E-state index in [4.69, 9.17) is 0 Å². The van der Waals surface area contributed by atoms with Crippen LogP contribution in [0.15, 0.2) is 23.1 Å². The zero-order chi connectivity index (χ0) is 13.0. The van der Waals surface area contributed by atoms with Crippen LogP contribution in [0.5, 0.6) is 0 Å². The van der Waals surface area contributed by atoms with E-state index in [-0.39, 0.29) is 17.0 Å². The number of H-pyrrole nitrogens is 1. The number of nitrogens with one attached hydrogen (secondary N) is 1. The summed E-state index contributed by atoms with van der Waals surface area (Å²) in [6, 6.07) is 3.27. The zero-order valence-electron chi connectivity index (χ0n) is 10.7. The zero-order valence-corrected chi connectivity index (χ0v) is 10.7. The Morgan fingerprint density at radius 2 is 2.06 bits per heavy atom. The summed E-state index contributed by atoms with van der Waals surface area (Å²) in [4.78, 5) is 30.4. The molecule has 0 atom stereocenters. The first-order valence-corrected chi connectivity index (χ1v) is 6.41. The molecule has 1 aliphatic heterocycles.